The first-order valence-corrected chi connectivity index (χ1v) is 5.72. The van der Waals surface area contributed by atoms with Crippen LogP contribution in [0.2, 0.25) is 0 Å². The van der Waals surface area contributed by atoms with E-state index in [2.05, 4.69) is 4.90 Å². The van der Waals surface area contributed by atoms with E-state index in [1.165, 1.54) is 0 Å². The maximum atomic E-state index is 11.3. The number of carbonyl (C=O) groups is 1. The number of methoxy groups -OCH3 is 1. The fourth-order valence-corrected chi connectivity index (χ4v) is 2.53. The molecule has 0 aromatic carbocycles. The number of rotatable bonds is 4. The maximum Gasteiger partial charge on any atom is 0.313 e. The van der Waals surface area contributed by atoms with Gasteiger partial charge < -0.3 is 14.6 Å². The summed E-state index contributed by atoms with van der Waals surface area (Å²) in [4.78, 5) is 13.5. The van der Waals surface area contributed by atoms with Crippen molar-refractivity contribution in [3.63, 3.8) is 0 Å². The fourth-order valence-electron chi connectivity index (χ4n) is 2.53. The SMILES string of the molecule is COC1CCN(CC2(C(=O)O)CCOC2)C1. The summed E-state index contributed by atoms with van der Waals surface area (Å²) < 4.78 is 10.5. The largest absolute Gasteiger partial charge is 0.481 e. The van der Waals surface area contributed by atoms with Crippen molar-refractivity contribution >= 4 is 5.97 Å². The van der Waals surface area contributed by atoms with Gasteiger partial charge in [-0.05, 0) is 12.8 Å². The molecule has 0 amide bonds. The molecule has 2 heterocycles. The molecule has 2 rings (SSSR count). The first kappa shape index (κ1) is 11.8. The van der Waals surface area contributed by atoms with Crippen molar-refractivity contribution in [2.75, 3.05) is 40.0 Å². The van der Waals surface area contributed by atoms with E-state index in [-0.39, 0.29) is 6.10 Å². The lowest BCUT2D eigenvalue weighted by atomic mass is 9.87. The Morgan fingerprint density at radius 1 is 1.69 bits per heavy atom. The fraction of sp³-hybridized carbons (Fsp3) is 0.909. The Kier molecular flexibility index (Phi) is 3.47. The van der Waals surface area contributed by atoms with Gasteiger partial charge in [-0.15, -0.1) is 0 Å². The van der Waals surface area contributed by atoms with Crippen LogP contribution >= 0.6 is 0 Å². The van der Waals surface area contributed by atoms with E-state index in [0.717, 1.165) is 19.5 Å². The molecule has 2 unspecified atom stereocenters. The lowest BCUT2D eigenvalue weighted by Crippen LogP contribution is -2.43. The van der Waals surface area contributed by atoms with Gasteiger partial charge in [-0.3, -0.25) is 9.69 Å². The van der Waals surface area contributed by atoms with E-state index in [4.69, 9.17) is 9.47 Å². The van der Waals surface area contributed by atoms with Gasteiger partial charge in [-0.2, -0.15) is 0 Å². The molecule has 1 N–H and O–H groups in total. The van der Waals surface area contributed by atoms with Crippen LogP contribution in [0.25, 0.3) is 0 Å². The molecule has 0 saturated carbocycles. The van der Waals surface area contributed by atoms with Crippen LogP contribution in [0.15, 0.2) is 0 Å². The first-order valence-electron chi connectivity index (χ1n) is 5.72. The van der Waals surface area contributed by atoms with Gasteiger partial charge in [0.05, 0.1) is 12.7 Å². The smallest absolute Gasteiger partial charge is 0.313 e. The van der Waals surface area contributed by atoms with Crippen LogP contribution in [0.5, 0.6) is 0 Å². The molecule has 5 nitrogen and oxygen atoms in total. The highest BCUT2D eigenvalue weighted by molar-refractivity contribution is 5.75. The molecule has 0 aromatic heterocycles. The Labute approximate surface area is 95.3 Å². The number of aliphatic carboxylic acids is 1. The summed E-state index contributed by atoms with van der Waals surface area (Å²) in [6, 6.07) is 0. The van der Waals surface area contributed by atoms with E-state index >= 15 is 0 Å². The summed E-state index contributed by atoms with van der Waals surface area (Å²) in [6.45, 7) is 3.26. The third-order valence-corrected chi connectivity index (χ3v) is 3.65. The molecule has 16 heavy (non-hydrogen) atoms. The van der Waals surface area contributed by atoms with Crippen molar-refractivity contribution in [2.45, 2.75) is 18.9 Å². The summed E-state index contributed by atoms with van der Waals surface area (Å²) >= 11 is 0. The van der Waals surface area contributed by atoms with Crippen molar-refractivity contribution in [3.05, 3.63) is 0 Å². The quantitative estimate of drug-likeness (QED) is 0.746. The van der Waals surface area contributed by atoms with Gasteiger partial charge in [-0.25, -0.2) is 0 Å². The molecule has 0 bridgehead atoms. The molecule has 0 radical (unpaired) electrons. The van der Waals surface area contributed by atoms with Gasteiger partial charge in [0.25, 0.3) is 0 Å². The zero-order chi connectivity index (χ0) is 11.6. The van der Waals surface area contributed by atoms with Crippen LogP contribution in [0.1, 0.15) is 12.8 Å². The van der Waals surface area contributed by atoms with Gasteiger partial charge in [0.1, 0.15) is 5.41 Å². The maximum absolute atomic E-state index is 11.3. The number of likely N-dealkylation sites (tertiary alicyclic amines) is 1. The molecule has 0 aliphatic carbocycles. The van der Waals surface area contributed by atoms with E-state index < -0.39 is 11.4 Å². The second kappa shape index (κ2) is 4.69. The molecule has 0 aromatic rings. The van der Waals surface area contributed by atoms with Crippen molar-refractivity contribution in [1.29, 1.82) is 0 Å². The summed E-state index contributed by atoms with van der Waals surface area (Å²) in [5, 5.41) is 9.31. The predicted octanol–water partition coefficient (Wildman–Crippen LogP) is 0.198. The highest BCUT2D eigenvalue weighted by Gasteiger charge is 2.44. The zero-order valence-electron chi connectivity index (χ0n) is 9.65. The Balaban J connectivity index is 1.94. The van der Waals surface area contributed by atoms with Crippen molar-refractivity contribution < 1.29 is 19.4 Å². The minimum absolute atomic E-state index is 0.258. The topological polar surface area (TPSA) is 59.0 Å². The summed E-state index contributed by atoms with van der Waals surface area (Å²) in [5.41, 5.74) is -0.692. The lowest BCUT2D eigenvalue weighted by molar-refractivity contribution is -0.150. The number of carboxylic acid groups (broad SMARTS) is 1. The van der Waals surface area contributed by atoms with Gasteiger partial charge in [0, 0.05) is 33.4 Å². The third kappa shape index (κ3) is 2.21. The molecule has 2 saturated heterocycles. The average Bonchev–Trinajstić information content (AvgIpc) is 2.88. The minimum Gasteiger partial charge on any atom is -0.481 e. The number of hydrogen-bond donors (Lipinski definition) is 1. The van der Waals surface area contributed by atoms with Crippen LogP contribution < -0.4 is 0 Å². The number of carboxylic acids is 1. The van der Waals surface area contributed by atoms with E-state index in [1.54, 1.807) is 7.11 Å². The molecular formula is C11H19NO4. The molecule has 0 spiro atoms. The summed E-state index contributed by atoms with van der Waals surface area (Å²) in [5.74, 6) is -0.731. The Morgan fingerprint density at radius 3 is 3.00 bits per heavy atom. The van der Waals surface area contributed by atoms with Gasteiger partial charge in [-0.1, -0.05) is 0 Å². The normalized spacial score (nSPS) is 35.7. The molecule has 2 atom stereocenters. The molecule has 2 fully saturated rings. The van der Waals surface area contributed by atoms with Gasteiger partial charge in [0.15, 0.2) is 0 Å². The van der Waals surface area contributed by atoms with E-state index in [1.807, 2.05) is 0 Å². The van der Waals surface area contributed by atoms with Crippen molar-refractivity contribution in [3.8, 4) is 0 Å². The number of hydrogen-bond acceptors (Lipinski definition) is 4. The summed E-state index contributed by atoms with van der Waals surface area (Å²) in [6.07, 6.45) is 1.87. The molecule has 2 aliphatic rings. The second-order valence-electron chi connectivity index (χ2n) is 4.77. The second-order valence-corrected chi connectivity index (χ2v) is 4.77. The zero-order valence-corrected chi connectivity index (χ0v) is 9.65. The van der Waals surface area contributed by atoms with Gasteiger partial charge in [0.2, 0.25) is 0 Å². The Morgan fingerprint density at radius 2 is 2.50 bits per heavy atom. The summed E-state index contributed by atoms with van der Waals surface area (Å²) in [7, 11) is 1.71. The molecular weight excluding hydrogens is 210 g/mol. The van der Waals surface area contributed by atoms with Crippen LogP contribution in [0.4, 0.5) is 0 Å². The van der Waals surface area contributed by atoms with Crippen molar-refractivity contribution in [2.24, 2.45) is 5.41 Å². The number of ether oxygens (including phenoxy) is 2. The monoisotopic (exact) mass is 229 g/mol. The van der Waals surface area contributed by atoms with Crippen LogP contribution in [-0.4, -0.2) is 62.0 Å². The van der Waals surface area contributed by atoms with E-state index in [9.17, 15) is 9.90 Å². The minimum atomic E-state index is -0.731. The average molecular weight is 229 g/mol. The molecule has 2 aliphatic heterocycles. The van der Waals surface area contributed by atoms with Crippen LogP contribution in [0.3, 0.4) is 0 Å². The predicted molar refractivity (Wildman–Crippen MR) is 57.4 cm³/mol. The van der Waals surface area contributed by atoms with Gasteiger partial charge >= 0.3 is 5.97 Å². The molecule has 5 heteroatoms. The third-order valence-electron chi connectivity index (χ3n) is 3.65. The first-order chi connectivity index (χ1) is 7.66. The molecule has 92 valence electrons. The lowest BCUT2D eigenvalue weighted by Gasteiger charge is -2.28. The van der Waals surface area contributed by atoms with E-state index in [0.29, 0.717) is 26.2 Å². The van der Waals surface area contributed by atoms with Crippen LogP contribution in [0, 0.1) is 5.41 Å². The highest BCUT2D eigenvalue weighted by Crippen LogP contribution is 2.31. The Hall–Kier alpha value is -0.650. The Bertz CT molecular complexity index is 263. The van der Waals surface area contributed by atoms with Crippen molar-refractivity contribution in [1.82, 2.24) is 4.90 Å². The highest BCUT2D eigenvalue weighted by atomic mass is 16.5. The standard InChI is InChI=1S/C11H19NO4/c1-15-9-2-4-12(6-9)7-11(10(13)14)3-5-16-8-11/h9H,2-8H2,1H3,(H,13,14). The van der Waals surface area contributed by atoms with Crippen LogP contribution in [-0.2, 0) is 14.3 Å². The number of nitrogens with zero attached hydrogens (tertiary/aromatic N) is 1.